The summed E-state index contributed by atoms with van der Waals surface area (Å²) in [5.74, 6) is 0.940. The minimum Gasteiger partial charge on any atom is -0.489 e. The fraction of sp³-hybridized carbons (Fsp3) is 0.520. The van der Waals surface area contributed by atoms with Crippen LogP contribution in [-0.2, 0) is 6.61 Å². The first-order valence-electron chi connectivity index (χ1n) is 11.0. The number of hydrogen-bond donors (Lipinski definition) is 2. The van der Waals surface area contributed by atoms with Crippen LogP contribution in [0, 0.1) is 0 Å². The predicted molar refractivity (Wildman–Crippen MR) is 117 cm³/mol. The Bertz CT molecular complexity index is 779. The van der Waals surface area contributed by atoms with Crippen LogP contribution in [0.5, 0.6) is 5.75 Å². The van der Waals surface area contributed by atoms with Gasteiger partial charge < -0.3 is 15.6 Å². The summed E-state index contributed by atoms with van der Waals surface area (Å²) in [6, 6.07) is 18.9. The van der Waals surface area contributed by atoms with E-state index >= 15 is 0 Å². The molecule has 1 heterocycles. The molecule has 0 aromatic heterocycles. The van der Waals surface area contributed by atoms with Crippen molar-refractivity contribution in [1.82, 2.24) is 4.90 Å². The smallest absolute Gasteiger partial charge is 0.119 e. The first kappa shape index (κ1) is 20.4. The second-order valence-corrected chi connectivity index (χ2v) is 8.86. The van der Waals surface area contributed by atoms with Crippen LogP contribution in [0.3, 0.4) is 0 Å². The molecule has 1 aliphatic carbocycles. The van der Waals surface area contributed by atoms with Crippen molar-refractivity contribution in [2.24, 2.45) is 5.73 Å². The van der Waals surface area contributed by atoms with Crippen LogP contribution in [0.1, 0.15) is 56.1 Å². The number of nitrogens with zero attached hydrogens (tertiary/aromatic N) is 1. The van der Waals surface area contributed by atoms with Gasteiger partial charge in [0.1, 0.15) is 12.4 Å². The fourth-order valence-corrected chi connectivity index (χ4v) is 5.15. The Balaban J connectivity index is 1.45. The lowest BCUT2D eigenvalue weighted by Gasteiger charge is -2.48. The van der Waals surface area contributed by atoms with Crippen molar-refractivity contribution >= 4 is 0 Å². The predicted octanol–water partition coefficient (Wildman–Crippen LogP) is 4.08. The van der Waals surface area contributed by atoms with Gasteiger partial charge in [0.05, 0.1) is 5.60 Å². The van der Waals surface area contributed by atoms with Gasteiger partial charge in [-0.3, -0.25) is 4.90 Å². The van der Waals surface area contributed by atoms with Crippen LogP contribution in [0.25, 0.3) is 0 Å². The standard InChI is InChI=1S/C25H34N2O2/c1-19(25(28)15-6-5-9-24(25)27-16-14-22(26)17-27)21-10-12-23(13-11-21)29-18-20-7-3-2-4-8-20/h2-4,7-8,10-13,19,22,24,28H,5-6,9,14-18,26H2,1H3/t19?,22-,24?,25?/m0/s1. The zero-order valence-corrected chi connectivity index (χ0v) is 17.5. The number of likely N-dealkylation sites (tertiary alicyclic amines) is 1. The summed E-state index contributed by atoms with van der Waals surface area (Å²) in [5, 5.41) is 11.8. The van der Waals surface area contributed by atoms with Gasteiger partial charge in [-0.25, -0.2) is 0 Å². The molecule has 3 N–H and O–H groups in total. The summed E-state index contributed by atoms with van der Waals surface area (Å²) in [7, 11) is 0. The highest BCUT2D eigenvalue weighted by molar-refractivity contribution is 5.32. The van der Waals surface area contributed by atoms with E-state index in [0.717, 1.165) is 50.1 Å². The molecule has 2 aromatic carbocycles. The van der Waals surface area contributed by atoms with Gasteiger partial charge in [-0.1, -0.05) is 62.2 Å². The maximum Gasteiger partial charge on any atom is 0.119 e. The molecule has 29 heavy (non-hydrogen) atoms. The van der Waals surface area contributed by atoms with Crippen LogP contribution >= 0.6 is 0 Å². The van der Waals surface area contributed by atoms with Gasteiger partial charge in [0.2, 0.25) is 0 Å². The Kier molecular flexibility index (Phi) is 6.23. The zero-order valence-electron chi connectivity index (χ0n) is 17.5. The number of nitrogens with two attached hydrogens (primary N) is 1. The van der Waals surface area contributed by atoms with Gasteiger partial charge in [0.15, 0.2) is 0 Å². The first-order valence-corrected chi connectivity index (χ1v) is 11.0. The number of hydrogen-bond acceptors (Lipinski definition) is 4. The molecule has 4 heteroatoms. The van der Waals surface area contributed by atoms with Crippen molar-refractivity contribution in [2.75, 3.05) is 13.1 Å². The summed E-state index contributed by atoms with van der Waals surface area (Å²) < 4.78 is 5.93. The van der Waals surface area contributed by atoms with Gasteiger partial charge in [-0.15, -0.1) is 0 Å². The topological polar surface area (TPSA) is 58.7 Å². The van der Waals surface area contributed by atoms with Crippen molar-refractivity contribution in [2.45, 2.75) is 69.2 Å². The van der Waals surface area contributed by atoms with E-state index in [4.69, 9.17) is 10.5 Å². The van der Waals surface area contributed by atoms with Gasteiger partial charge in [-0.05, 0) is 42.5 Å². The lowest BCUT2D eigenvalue weighted by molar-refractivity contribution is -0.0838. The Morgan fingerprint density at radius 1 is 1.10 bits per heavy atom. The highest BCUT2D eigenvalue weighted by Gasteiger charge is 2.47. The van der Waals surface area contributed by atoms with Gasteiger partial charge in [-0.2, -0.15) is 0 Å². The fourth-order valence-electron chi connectivity index (χ4n) is 5.15. The van der Waals surface area contributed by atoms with E-state index in [1.54, 1.807) is 0 Å². The van der Waals surface area contributed by atoms with Crippen LogP contribution in [-0.4, -0.2) is 40.8 Å². The van der Waals surface area contributed by atoms with Gasteiger partial charge in [0.25, 0.3) is 0 Å². The van der Waals surface area contributed by atoms with Crippen LogP contribution in [0.4, 0.5) is 0 Å². The van der Waals surface area contributed by atoms with Crippen molar-refractivity contribution in [3.8, 4) is 5.75 Å². The van der Waals surface area contributed by atoms with Gasteiger partial charge >= 0.3 is 0 Å². The molecular weight excluding hydrogens is 360 g/mol. The quantitative estimate of drug-likeness (QED) is 0.775. The van der Waals surface area contributed by atoms with E-state index in [0.29, 0.717) is 6.61 Å². The van der Waals surface area contributed by atoms with E-state index in [2.05, 4.69) is 36.1 Å². The summed E-state index contributed by atoms with van der Waals surface area (Å²) in [4.78, 5) is 2.44. The molecule has 1 saturated carbocycles. The summed E-state index contributed by atoms with van der Waals surface area (Å²) in [6.45, 7) is 4.66. The molecule has 0 bridgehead atoms. The molecular formula is C25H34N2O2. The largest absolute Gasteiger partial charge is 0.489 e. The molecule has 0 amide bonds. The first-order chi connectivity index (χ1) is 14.1. The minimum absolute atomic E-state index is 0.0767. The normalized spacial score (nSPS) is 28.9. The minimum atomic E-state index is -0.700. The molecule has 1 saturated heterocycles. The summed E-state index contributed by atoms with van der Waals surface area (Å²) >= 11 is 0. The average molecular weight is 395 g/mol. The molecule has 4 atom stereocenters. The lowest BCUT2D eigenvalue weighted by atomic mass is 9.70. The zero-order chi connectivity index (χ0) is 20.3. The third kappa shape index (κ3) is 4.50. The highest BCUT2D eigenvalue weighted by Crippen LogP contribution is 2.43. The lowest BCUT2D eigenvalue weighted by Crippen LogP contribution is -2.57. The summed E-state index contributed by atoms with van der Waals surface area (Å²) in [6.07, 6.45) is 5.24. The van der Waals surface area contributed by atoms with Crippen molar-refractivity contribution in [3.63, 3.8) is 0 Å². The molecule has 2 fully saturated rings. The second kappa shape index (κ2) is 8.86. The number of aliphatic hydroxyl groups is 1. The Hall–Kier alpha value is -1.88. The summed E-state index contributed by atoms with van der Waals surface area (Å²) in [5.41, 5.74) is 7.79. The number of benzene rings is 2. The van der Waals surface area contributed by atoms with E-state index in [1.165, 1.54) is 12.0 Å². The molecule has 3 unspecified atom stereocenters. The van der Waals surface area contributed by atoms with Crippen molar-refractivity contribution in [3.05, 3.63) is 65.7 Å². The average Bonchev–Trinajstić information content (AvgIpc) is 3.19. The molecule has 4 rings (SSSR count). The Morgan fingerprint density at radius 3 is 2.55 bits per heavy atom. The van der Waals surface area contributed by atoms with Crippen LogP contribution < -0.4 is 10.5 Å². The highest BCUT2D eigenvalue weighted by atomic mass is 16.5. The second-order valence-electron chi connectivity index (χ2n) is 8.86. The van der Waals surface area contributed by atoms with E-state index in [9.17, 15) is 5.11 Å². The van der Waals surface area contributed by atoms with Crippen LogP contribution in [0.15, 0.2) is 54.6 Å². The Labute approximate surface area is 174 Å². The number of ether oxygens (including phenoxy) is 1. The maximum absolute atomic E-state index is 11.8. The van der Waals surface area contributed by atoms with Gasteiger partial charge in [0, 0.05) is 31.1 Å². The van der Waals surface area contributed by atoms with E-state index in [1.807, 2.05) is 30.3 Å². The maximum atomic E-state index is 11.8. The van der Waals surface area contributed by atoms with E-state index < -0.39 is 5.60 Å². The molecule has 1 aliphatic heterocycles. The molecule has 156 valence electrons. The van der Waals surface area contributed by atoms with Crippen LogP contribution in [0.2, 0.25) is 0 Å². The Morgan fingerprint density at radius 2 is 1.86 bits per heavy atom. The molecule has 2 aliphatic rings. The van der Waals surface area contributed by atoms with Crippen molar-refractivity contribution in [1.29, 1.82) is 0 Å². The molecule has 2 aromatic rings. The molecule has 0 radical (unpaired) electrons. The third-order valence-corrected chi connectivity index (χ3v) is 6.96. The molecule has 0 spiro atoms. The third-order valence-electron chi connectivity index (χ3n) is 6.96. The number of rotatable bonds is 6. The molecule has 4 nitrogen and oxygen atoms in total. The van der Waals surface area contributed by atoms with Crippen molar-refractivity contribution < 1.29 is 9.84 Å². The van der Waals surface area contributed by atoms with E-state index in [-0.39, 0.29) is 18.0 Å². The SMILES string of the molecule is CC(c1ccc(OCc2ccccc2)cc1)C1(O)CCCCC1N1CC[C@H](N)C1. The monoisotopic (exact) mass is 394 g/mol.